The van der Waals surface area contributed by atoms with Crippen molar-refractivity contribution in [1.82, 2.24) is 4.90 Å². The number of nitrogens with one attached hydrogen (secondary N) is 1. The van der Waals surface area contributed by atoms with Crippen LogP contribution in [0, 0.1) is 18.8 Å². The molecule has 4 aliphatic rings. The largest absolute Gasteiger partial charge is 0.324 e. The number of imide groups is 1. The quantitative estimate of drug-likeness (QED) is 0.718. The van der Waals surface area contributed by atoms with Crippen LogP contribution in [0.5, 0.6) is 0 Å². The van der Waals surface area contributed by atoms with Gasteiger partial charge >= 0.3 is 0 Å². The fraction of sp³-hybridized carbons (Fsp3) is 0.348. The van der Waals surface area contributed by atoms with Gasteiger partial charge < -0.3 is 5.32 Å². The topological polar surface area (TPSA) is 69.7 Å². The van der Waals surface area contributed by atoms with E-state index in [0.717, 1.165) is 29.7 Å². The van der Waals surface area contributed by atoms with E-state index < -0.39 is 17.4 Å². The standard InChI is InChI=1S/C23H20ClN3O3/c1-12-4-9-16-15(11-12)23(22(30)25-16)19-18(17-3-2-10-26(17)23)20(28)27(21(19)29)14-7-5-13(24)6-8-14/h4-9,11,17-19H,2-3,10H2,1H3,(H,25,30)/t17-,18-,19-,23+/m0/s1. The summed E-state index contributed by atoms with van der Waals surface area (Å²) in [5.41, 5.74) is 1.97. The third-order valence-corrected chi connectivity index (χ3v) is 7.48. The van der Waals surface area contributed by atoms with Crippen LogP contribution in [-0.2, 0) is 19.9 Å². The molecule has 0 bridgehead atoms. The van der Waals surface area contributed by atoms with E-state index in [1.165, 1.54) is 4.90 Å². The fourth-order valence-electron chi connectivity index (χ4n) is 6.16. The predicted molar refractivity (Wildman–Crippen MR) is 112 cm³/mol. The fourth-order valence-corrected chi connectivity index (χ4v) is 6.29. The Morgan fingerprint density at radius 2 is 1.83 bits per heavy atom. The van der Waals surface area contributed by atoms with Crippen molar-refractivity contribution in [3.8, 4) is 0 Å². The Labute approximate surface area is 178 Å². The average Bonchev–Trinajstić information content (AvgIpc) is 3.42. The molecule has 30 heavy (non-hydrogen) atoms. The highest BCUT2D eigenvalue weighted by molar-refractivity contribution is 6.31. The number of aryl methyl sites for hydroxylation is 1. The Bertz CT molecular complexity index is 1130. The number of rotatable bonds is 1. The number of hydrogen-bond donors (Lipinski definition) is 1. The molecule has 3 amide bonds. The first-order chi connectivity index (χ1) is 14.4. The molecule has 3 fully saturated rings. The molecule has 3 saturated heterocycles. The number of nitrogens with zero attached hydrogens (tertiary/aromatic N) is 2. The Morgan fingerprint density at radius 3 is 2.60 bits per heavy atom. The van der Waals surface area contributed by atoms with Crippen LogP contribution >= 0.6 is 11.6 Å². The number of anilines is 2. The smallest absolute Gasteiger partial charge is 0.250 e. The Balaban J connectivity index is 1.56. The van der Waals surface area contributed by atoms with E-state index in [9.17, 15) is 14.4 Å². The maximum Gasteiger partial charge on any atom is 0.250 e. The van der Waals surface area contributed by atoms with Gasteiger partial charge in [0.2, 0.25) is 17.7 Å². The van der Waals surface area contributed by atoms with Gasteiger partial charge in [0.15, 0.2) is 0 Å². The number of halogens is 1. The maximum atomic E-state index is 13.8. The van der Waals surface area contributed by atoms with Gasteiger partial charge in [-0.15, -0.1) is 0 Å². The highest BCUT2D eigenvalue weighted by Gasteiger charge is 2.74. The molecule has 1 N–H and O–H groups in total. The molecule has 4 aliphatic heterocycles. The lowest BCUT2D eigenvalue weighted by atomic mass is 9.75. The zero-order valence-electron chi connectivity index (χ0n) is 16.4. The summed E-state index contributed by atoms with van der Waals surface area (Å²) in [6.07, 6.45) is 1.72. The Kier molecular flexibility index (Phi) is 3.58. The summed E-state index contributed by atoms with van der Waals surface area (Å²) in [6.45, 7) is 2.69. The van der Waals surface area contributed by atoms with Crippen molar-refractivity contribution in [2.45, 2.75) is 31.3 Å². The van der Waals surface area contributed by atoms with Crippen molar-refractivity contribution in [3.05, 3.63) is 58.6 Å². The number of amides is 3. The minimum atomic E-state index is -1.12. The zero-order chi connectivity index (χ0) is 20.8. The second-order valence-corrected chi connectivity index (χ2v) is 9.10. The molecule has 2 aromatic rings. The van der Waals surface area contributed by atoms with E-state index in [1.807, 2.05) is 25.1 Å². The van der Waals surface area contributed by atoms with Gasteiger partial charge in [-0.2, -0.15) is 0 Å². The lowest BCUT2D eigenvalue weighted by Gasteiger charge is -2.36. The van der Waals surface area contributed by atoms with Gasteiger partial charge in [0, 0.05) is 22.3 Å². The molecule has 152 valence electrons. The van der Waals surface area contributed by atoms with Crippen molar-refractivity contribution in [1.29, 1.82) is 0 Å². The first-order valence-corrected chi connectivity index (χ1v) is 10.6. The van der Waals surface area contributed by atoms with Crippen molar-refractivity contribution in [3.63, 3.8) is 0 Å². The van der Waals surface area contributed by atoms with Crippen molar-refractivity contribution in [2.24, 2.45) is 11.8 Å². The normalized spacial score (nSPS) is 32.0. The summed E-state index contributed by atoms with van der Waals surface area (Å²) in [4.78, 5) is 44.3. The molecule has 0 aliphatic carbocycles. The van der Waals surface area contributed by atoms with Crippen LogP contribution in [0.1, 0.15) is 24.0 Å². The van der Waals surface area contributed by atoms with Crippen LogP contribution < -0.4 is 10.2 Å². The first-order valence-electron chi connectivity index (χ1n) is 10.3. The summed E-state index contributed by atoms with van der Waals surface area (Å²) < 4.78 is 0. The summed E-state index contributed by atoms with van der Waals surface area (Å²) in [7, 11) is 0. The number of hydrogen-bond acceptors (Lipinski definition) is 4. The average molecular weight is 422 g/mol. The number of carbonyl (C=O) groups excluding carboxylic acids is 3. The molecule has 4 heterocycles. The van der Waals surface area contributed by atoms with Gasteiger partial charge in [-0.3, -0.25) is 19.3 Å². The summed E-state index contributed by atoms with van der Waals surface area (Å²) in [5, 5.41) is 3.54. The summed E-state index contributed by atoms with van der Waals surface area (Å²) >= 11 is 6.00. The molecule has 6 nitrogen and oxygen atoms in total. The minimum absolute atomic E-state index is 0.110. The van der Waals surface area contributed by atoms with Crippen molar-refractivity contribution in [2.75, 3.05) is 16.8 Å². The molecule has 0 radical (unpaired) electrons. The number of fused-ring (bicyclic) bond motifs is 7. The second-order valence-electron chi connectivity index (χ2n) is 8.66. The predicted octanol–water partition coefficient (Wildman–Crippen LogP) is 3.08. The molecule has 7 heteroatoms. The first kappa shape index (κ1) is 18.1. The highest BCUT2D eigenvalue weighted by Crippen LogP contribution is 2.60. The van der Waals surface area contributed by atoms with Gasteiger partial charge in [0.05, 0.1) is 17.5 Å². The SMILES string of the molecule is Cc1ccc2c(c1)[C@]1(C(=O)N2)[C@@H]2C(=O)N(c3ccc(Cl)cc3)C(=O)[C@H]2[C@@H]2CCCN21. The lowest BCUT2D eigenvalue weighted by Crippen LogP contribution is -2.54. The van der Waals surface area contributed by atoms with E-state index in [2.05, 4.69) is 10.2 Å². The molecular formula is C23H20ClN3O3. The zero-order valence-corrected chi connectivity index (χ0v) is 17.1. The van der Waals surface area contributed by atoms with Gasteiger partial charge in [-0.1, -0.05) is 29.3 Å². The van der Waals surface area contributed by atoms with Gasteiger partial charge in [-0.25, -0.2) is 4.90 Å². The molecule has 0 saturated carbocycles. The molecule has 6 rings (SSSR count). The maximum absolute atomic E-state index is 13.8. The lowest BCUT2D eigenvalue weighted by molar-refractivity contribution is -0.135. The van der Waals surface area contributed by atoms with E-state index in [1.54, 1.807) is 24.3 Å². The van der Waals surface area contributed by atoms with Crippen LogP contribution in [0.25, 0.3) is 0 Å². The third-order valence-electron chi connectivity index (χ3n) is 7.23. The monoisotopic (exact) mass is 421 g/mol. The third kappa shape index (κ3) is 2.01. The van der Waals surface area contributed by atoms with Gasteiger partial charge in [-0.05, 0) is 56.6 Å². The van der Waals surface area contributed by atoms with E-state index in [0.29, 0.717) is 17.3 Å². The molecule has 1 spiro atoms. The molecule has 0 aromatic heterocycles. The van der Waals surface area contributed by atoms with Crippen LogP contribution in [0.2, 0.25) is 5.02 Å². The second kappa shape index (κ2) is 5.93. The van der Waals surface area contributed by atoms with E-state index in [-0.39, 0.29) is 23.8 Å². The highest BCUT2D eigenvalue weighted by atomic mass is 35.5. The van der Waals surface area contributed by atoms with Gasteiger partial charge in [0.25, 0.3) is 0 Å². The summed E-state index contributed by atoms with van der Waals surface area (Å²) in [5.74, 6) is -1.95. The van der Waals surface area contributed by atoms with E-state index in [4.69, 9.17) is 11.6 Å². The van der Waals surface area contributed by atoms with Crippen LogP contribution in [0.15, 0.2) is 42.5 Å². The van der Waals surface area contributed by atoms with E-state index >= 15 is 0 Å². The van der Waals surface area contributed by atoms with Crippen LogP contribution in [-0.4, -0.2) is 35.2 Å². The molecule has 4 atom stereocenters. The number of benzene rings is 2. The van der Waals surface area contributed by atoms with Crippen LogP contribution in [0.4, 0.5) is 11.4 Å². The van der Waals surface area contributed by atoms with Crippen LogP contribution in [0.3, 0.4) is 0 Å². The Morgan fingerprint density at radius 1 is 1.07 bits per heavy atom. The van der Waals surface area contributed by atoms with Crippen molar-refractivity contribution >= 4 is 40.7 Å². The Hall–Kier alpha value is -2.70. The van der Waals surface area contributed by atoms with Crippen molar-refractivity contribution < 1.29 is 14.4 Å². The summed E-state index contributed by atoms with van der Waals surface area (Å²) in [6, 6.07) is 12.4. The minimum Gasteiger partial charge on any atom is -0.324 e. The molecule has 2 aromatic carbocycles. The number of carbonyl (C=O) groups is 3. The molecular weight excluding hydrogens is 402 g/mol. The molecule has 0 unspecified atom stereocenters. The van der Waals surface area contributed by atoms with Gasteiger partial charge in [0.1, 0.15) is 5.54 Å².